The molecule has 0 spiro atoms. The van der Waals surface area contributed by atoms with Gasteiger partial charge in [-0.1, -0.05) is 12.1 Å². The molecule has 0 unspecified atom stereocenters. The average Bonchev–Trinajstić information content (AvgIpc) is 2.25. The van der Waals surface area contributed by atoms with Crippen LogP contribution in [-0.4, -0.2) is 8.42 Å². The first-order chi connectivity index (χ1) is 5.58. The number of anilines is 1. The van der Waals surface area contributed by atoms with Crippen LogP contribution in [0.3, 0.4) is 0 Å². The first kappa shape index (κ1) is 7.61. The molecule has 3 nitrogen and oxygen atoms in total. The third-order valence-corrected chi connectivity index (χ3v) is 3.53. The van der Waals surface area contributed by atoms with E-state index in [1.165, 1.54) is 0 Å². The predicted molar refractivity (Wildman–Crippen MR) is 47.2 cm³/mol. The lowest BCUT2D eigenvalue weighted by Gasteiger charge is -1.98. The van der Waals surface area contributed by atoms with Crippen LogP contribution in [0, 0.1) is 0 Å². The number of fused-ring (bicyclic) bond motifs is 1. The van der Waals surface area contributed by atoms with Crippen LogP contribution in [0.15, 0.2) is 18.2 Å². The van der Waals surface area contributed by atoms with Crippen molar-refractivity contribution >= 4 is 15.5 Å². The molecule has 0 radical (unpaired) electrons. The summed E-state index contributed by atoms with van der Waals surface area (Å²) in [4.78, 5) is 0. The molecule has 0 saturated carbocycles. The fraction of sp³-hybridized carbons (Fsp3) is 0.250. The van der Waals surface area contributed by atoms with E-state index in [2.05, 4.69) is 0 Å². The Morgan fingerprint density at radius 3 is 2.67 bits per heavy atom. The van der Waals surface area contributed by atoms with Crippen LogP contribution in [-0.2, 0) is 21.3 Å². The fourth-order valence-electron chi connectivity index (χ4n) is 1.47. The molecular formula is C8H9NO2S. The highest BCUT2D eigenvalue weighted by Crippen LogP contribution is 2.28. The standard InChI is InChI=1S/C8H9NO2S/c9-8-3-1-2-6-4-12(10,11)5-7(6)8/h1-3H,4-5,9H2. The van der Waals surface area contributed by atoms with Crippen LogP contribution in [0.5, 0.6) is 0 Å². The number of hydrogen-bond donors (Lipinski definition) is 1. The SMILES string of the molecule is Nc1cccc2c1CS(=O)(=O)C2. The minimum Gasteiger partial charge on any atom is -0.398 e. The third-order valence-electron chi connectivity index (χ3n) is 2.05. The molecule has 4 heteroatoms. The summed E-state index contributed by atoms with van der Waals surface area (Å²) in [6.45, 7) is 0. The third kappa shape index (κ3) is 1.08. The maximum atomic E-state index is 11.2. The molecule has 2 rings (SSSR count). The molecule has 12 heavy (non-hydrogen) atoms. The number of benzene rings is 1. The van der Waals surface area contributed by atoms with E-state index in [1.54, 1.807) is 12.1 Å². The van der Waals surface area contributed by atoms with Crippen LogP contribution in [0.1, 0.15) is 11.1 Å². The Labute approximate surface area is 71.1 Å². The van der Waals surface area contributed by atoms with Crippen molar-refractivity contribution in [1.29, 1.82) is 0 Å². The second-order valence-electron chi connectivity index (χ2n) is 3.02. The van der Waals surface area contributed by atoms with Gasteiger partial charge in [0.2, 0.25) is 0 Å². The van der Waals surface area contributed by atoms with Crippen molar-refractivity contribution in [3.8, 4) is 0 Å². The molecule has 0 aliphatic carbocycles. The number of nitrogens with two attached hydrogens (primary N) is 1. The van der Waals surface area contributed by atoms with Gasteiger partial charge in [-0.25, -0.2) is 8.42 Å². The zero-order valence-electron chi connectivity index (χ0n) is 6.45. The lowest BCUT2D eigenvalue weighted by atomic mass is 10.1. The Bertz CT molecular complexity index is 423. The van der Waals surface area contributed by atoms with Gasteiger partial charge in [-0.15, -0.1) is 0 Å². The van der Waals surface area contributed by atoms with Crippen molar-refractivity contribution in [2.45, 2.75) is 11.5 Å². The van der Waals surface area contributed by atoms with Crippen LogP contribution in [0.4, 0.5) is 5.69 Å². The highest BCUT2D eigenvalue weighted by molar-refractivity contribution is 7.90. The second kappa shape index (κ2) is 2.23. The Balaban J connectivity index is 2.63. The summed E-state index contributed by atoms with van der Waals surface area (Å²) < 4.78 is 22.4. The minimum atomic E-state index is -2.91. The number of sulfone groups is 1. The lowest BCUT2D eigenvalue weighted by molar-refractivity contribution is 0.598. The van der Waals surface area contributed by atoms with E-state index < -0.39 is 9.84 Å². The molecule has 1 heterocycles. The van der Waals surface area contributed by atoms with Crippen molar-refractivity contribution in [1.82, 2.24) is 0 Å². The number of hydrogen-bond acceptors (Lipinski definition) is 3. The van der Waals surface area contributed by atoms with E-state index in [-0.39, 0.29) is 11.5 Å². The molecule has 0 amide bonds. The minimum absolute atomic E-state index is 0.106. The van der Waals surface area contributed by atoms with Crippen LogP contribution < -0.4 is 5.73 Å². The first-order valence-electron chi connectivity index (χ1n) is 3.65. The van der Waals surface area contributed by atoms with Gasteiger partial charge < -0.3 is 5.73 Å². The van der Waals surface area contributed by atoms with E-state index in [0.29, 0.717) is 5.69 Å². The molecular weight excluding hydrogens is 174 g/mol. The Morgan fingerprint density at radius 2 is 2.00 bits per heavy atom. The van der Waals surface area contributed by atoms with Crippen molar-refractivity contribution in [3.05, 3.63) is 29.3 Å². The van der Waals surface area contributed by atoms with Crippen LogP contribution >= 0.6 is 0 Å². The van der Waals surface area contributed by atoms with Gasteiger partial charge in [0, 0.05) is 5.69 Å². The smallest absolute Gasteiger partial charge is 0.158 e. The van der Waals surface area contributed by atoms with Crippen molar-refractivity contribution in [2.75, 3.05) is 5.73 Å². The lowest BCUT2D eigenvalue weighted by Crippen LogP contribution is -1.96. The largest absolute Gasteiger partial charge is 0.398 e. The quantitative estimate of drug-likeness (QED) is 0.602. The van der Waals surface area contributed by atoms with Gasteiger partial charge in [-0.3, -0.25) is 0 Å². The van der Waals surface area contributed by atoms with Gasteiger partial charge in [0.15, 0.2) is 9.84 Å². The molecule has 0 fully saturated rings. The van der Waals surface area contributed by atoms with Gasteiger partial charge in [0.1, 0.15) is 0 Å². The number of rotatable bonds is 0. The molecule has 1 aromatic rings. The summed E-state index contributed by atoms with van der Waals surface area (Å²) in [5.41, 5.74) is 7.87. The van der Waals surface area contributed by atoms with E-state index in [0.717, 1.165) is 11.1 Å². The Hall–Kier alpha value is -1.03. The number of nitrogen functional groups attached to an aromatic ring is 1. The predicted octanol–water partition coefficient (Wildman–Crippen LogP) is 0.697. The molecule has 64 valence electrons. The van der Waals surface area contributed by atoms with Gasteiger partial charge >= 0.3 is 0 Å². The van der Waals surface area contributed by atoms with E-state index in [1.807, 2.05) is 6.07 Å². The summed E-state index contributed by atoms with van der Waals surface area (Å²) >= 11 is 0. The average molecular weight is 183 g/mol. The summed E-state index contributed by atoms with van der Waals surface area (Å²) in [5.74, 6) is 0.252. The molecule has 0 atom stereocenters. The zero-order valence-corrected chi connectivity index (χ0v) is 7.26. The maximum Gasteiger partial charge on any atom is 0.158 e. The molecule has 1 aliphatic rings. The monoisotopic (exact) mass is 183 g/mol. The second-order valence-corrected chi connectivity index (χ2v) is 5.08. The summed E-state index contributed by atoms with van der Waals surface area (Å²) in [5, 5.41) is 0. The zero-order chi connectivity index (χ0) is 8.77. The normalized spacial score (nSPS) is 19.0. The molecule has 0 saturated heterocycles. The van der Waals surface area contributed by atoms with Crippen LogP contribution in [0.25, 0.3) is 0 Å². The fourth-order valence-corrected chi connectivity index (χ4v) is 3.11. The highest BCUT2D eigenvalue weighted by Gasteiger charge is 2.25. The van der Waals surface area contributed by atoms with Gasteiger partial charge in [0.05, 0.1) is 11.5 Å². The van der Waals surface area contributed by atoms with E-state index in [4.69, 9.17) is 5.73 Å². The molecule has 1 aromatic carbocycles. The van der Waals surface area contributed by atoms with E-state index in [9.17, 15) is 8.42 Å². The van der Waals surface area contributed by atoms with Crippen LogP contribution in [0.2, 0.25) is 0 Å². The van der Waals surface area contributed by atoms with E-state index >= 15 is 0 Å². The Kier molecular flexibility index (Phi) is 1.41. The van der Waals surface area contributed by atoms with Gasteiger partial charge in [-0.2, -0.15) is 0 Å². The van der Waals surface area contributed by atoms with Crippen molar-refractivity contribution in [2.24, 2.45) is 0 Å². The summed E-state index contributed by atoms with van der Waals surface area (Å²) in [7, 11) is -2.91. The van der Waals surface area contributed by atoms with Gasteiger partial charge in [-0.05, 0) is 17.2 Å². The maximum absolute atomic E-state index is 11.2. The summed E-state index contributed by atoms with van der Waals surface area (Å²) in [6, 6.07) is 5.34. The van der Waals surface area contributed by atoms with Gasteiger partial charge in [0.25, 0.3) is 0 Å². The topological polar surface area (TPSA) is 60.2 Å². The molecule has 0 aromatic heterocycles. The molecule has 1 aliphatic heterocycles. The first-order valence-corrected chi connectivity index (χ1v) is 5.47. The highest BCUT2D eigenvalue weighted by atomic mass is 32.2. The molecule has 0 bridgehead atoms. The van der Waals surface area contributed by atoms with Crippen molar-refractivity contribution < 1.29 is 8.42 Å². The molecule has 2 N–H and O–H groups in total. The summed E-state index contributed by atoms with van der Waals surface area (Å²) in [6.07, 6.45) is 0. The Morgan fingerprint density at radius 1 is 1.25 bits per heavy atom. The van der Waals surface area contributed by atoms with Crippen molar-refractivity contribution in [3.63, 3.8) is 0 Å².